The van der Waals surface area contributed by atoms with Gasteiger partial charge in [-0.1, -0.05) is 66.5 Å². The largest absolute Gasteiger partial charge is 0.454 e. The van der Waals surface area contributed by atoms with Gasteiger partial charge in [0.05, 0.1) is 9.81 Å². The lowest BCUT2D eigenvalue weighted by Gasteiger charge is -2.15. The molecular weight excluding hydrogens is 685 g/mol. The minimum Gasteiger partial charge on any atom is -0.454 e. The fraction of sp³-hybridized carbons (Fsp3) is 0.290. The lowest BCUT2D eigenvalue weighted by atomic mass is 10.1. The Kier molecular flexibility index (Phi) is 10.3. The van der Waals surface area contributed by atoms with Crippen LogP contribution in [-0.2, 0) is 19.2 Å². The normalized spacial score (nSPS) is 18.2. The number of amides is 4. The highest BCUT2D eigenvalue weighted by Crippen LogP contribution is 2.38. The molecule has 0 unspecified atom stereocenters. The average molecular weight is 713 g/mol. The number of benzene rings is 2. The van der Waals surface area contributed by atoms with Crippen LogP contribution in [0, 0.1) is 0 Å². The molecule has 2 aromatic carbocycles. The summed E-state index contributed by atoms with van der Waals surface area (Å²) in [6, 6.07) is 10.9. The van der Waals surface area contributed by atoms with Gasteiger partial charge >= 0.3 is 0 Å². The maximum atomic E-state index is 12.9. The maximum Gasteiger partial charge on any atom is 0.266 e. The van der Waals surface area contributed by atoms with Crippen molar-refractivity contribution < 1.29 is 38.1 Å². The molecule has 2 saturated heterocycles. The standard InChI is InChI=1S/C31H28N4O8S4/c36-26(4-2-1-3-10-34-28(38)24(46-30(34)44)14-18-5-7-20-22(12-18)42-16-40-20)32-33-27(37)9-11-35-29(39)25(47-31(35)45)15-19-6-8-21-23(13-19)43-17-41-21/h5-8,12-15H,1-4,9-11,16-17H2,(H,32,36)(H,33,37)/b24-14-,25-15+. The minimum atomic E-state index is -0.449. The van der Waals surface area contributed by atoms with Gasteiger partial charge in [-0.2, -0.15) is 0 Å². The van der Waals surface area contributed by atoms with Crippen molar-refractivity contribution in [1.82, 2.24) is 20.7 Å². The molecule has 0 aliphatic carbocycles. The van der Waals surface area contributed by atoms with E-state index >= 15 is 0 Å². The summed E-state index contributed by atoms with van der Waals surface area (Å²) in [6.45, 7) is 0.864. The van der Waals surface area contributed by atoms with Gasteiger partial charge in [0.1, 0.15) is 8.64 Å². The number of nitrogens with zero attached hydrogens (tertiary/aromatic N) is 2. The van der Waals surface area contributed by atoms with E-state index in [1.54, 1.807) is 35.3 Å². The SMILES string of the molecule is O=C(CCCCCN1C(=O)/C(=C/c2ccc3c(c2)OCO3)SC1=S)NNC(=O)CCN1C(=O)/C(=C\c2ccc3c(c2)OCO3)SC1=S. The van der Waals surface area contributed by atoms with Crippen LogP contribution >= 0.6 is 48.0 Å². The van der Waals surface area contributed by atoms with Crippen LogP contribution in [0.2, 0.25) is 0 Å². The van der Waals surface area contributed by atoms with Gasteiger partial charge in [0.25, 0.3) is 11.8 Å². The number of thiocarbonyl (C=S) groups is 2. The van der Waals surface area contributed by atoms with Crippen LogP contribution in [0.5, 0.6) is 23.0 Å². The van der Waals surface area contributed by atoms with Gasteiger partial charge in [0.15, 0.2) is 23.0 Å². The molecule has 12 nitrogen and oxygen atoms in total. The summed E-state index contributed by atoms with van der Waals surface area (Å²) >= 11 is 13.2. The third kappa shape index (κ3) is 7.89. The summed E-state index contributed by atoms with van der Waals surface area (Å²) in [7, 11) is 0. The second-order valence-electron chi connectivity index (χ2n) is 10.5. The van der Waals surface area contributed by atoms with E-state index in [9.17, 15) is 19.2 Å². The first-order chi connectivity index (χ1) is 22.7. The van der Waals surface area contributed by atoms with Crippen molar-refractivity contribution in [2.75, 3.05) is 26.7 Å². The van der Waals surface area contributed by atoms with Crippen LogP contribution < -0.4 is 29.8 Å². The van der Waals surface area contributed by atoms with Crippen molar-refractivity contribution in [2.24, 2.45) is 0 Å². The molecule has 4 aliphatic heterocycles. The van der Waals surface area contributed by atoms with E-state index in [-0.39, 0.29) is 50.7 Å². The Morgan fingerprint density at radius 2 is 1.17 bits per heavy atom. The molecule has 0 bridgehead atoms. The van der Waals surface area contributed by atoms with Gasteiger partial charge in [0, 0.05) is 25.9 Å². The number of hydrogen-bond donors (Lipinski definition) is 2. The highest BCUT2D eigenvalue weighted by Gasteiger charge is 2.33. The number of hydrogen-bond acceptors (Lipinski definition) is 12. The Morgan fingerprint density at radius 1 is 0.681 bits per heavy atom. The summed E-state index contributed by atoms with van der Waals surface area (Å²) in [5.74, 6) is 1.34. The van der Waals surface area contributed by atoms with E-state index < -0.39 is 5.91 Å². The molecule has 6 rings (SSSR count). The number of carbonyl (C=O) groups excluding carboxylic acids is 4. The van der Waals surface area contributed by atoms with E-state index in [1.807, 2.05) is 18.2 Å². The minimum absolute atomic E-state index is 0.0447. The molecule has 0 atom stereocenters. The van der Waals surface area contributed by atoms with E-state index in [0.29, 0.717) is 67.3 Å². The van der Waals surface area contributed by atoms with Crippen molar-refractivity contribution in [3.8, 4) is 23.0 Å². The molecule has 0 radical (unpaired) electrons. The molecule has 2 aromatic rings. The molecule has 0 saturated carbocycles. The summed E-state index contributed by atoms with van der Waals surface area (Å²) in [4.78, 5) is 54.4. The number of unbranched alkanes of at least 4 members (excludes halogenated alkanes) is 2. The van der Waals surface area contributed by atoms with Crippen molar-refractivity contribution in [3.05, 3.63) is 57.3 Å². The molecule has 2 fully saturated rings. The first-order valence-electron chi connectivity index (χ1n) is 14.6. The third-order valence-corrected chi connectivity index (χ3v) is 10.1. The lowest BCUT2D eigenvalue weighted by molar-refractivity contribution is -0.129. The summed E-state index contributed by atoms with van der Waals surface area (Å²) in [6.07, 6.45) is 5.57. The van der Waals surface area contributed by atoms with Gasteiger partial charge in [0.2, 0.25) is 25.4 Å². The zero-order valence-corrected chi connectivity index (χ0v) is 28.0. The van der Waals surface area contributed by atoms with Gasteiger partial charge in [-0.3, -0.25) is 39.8 Å². The summed E-state index contributed by atoms with van der Waals surface area (Å²) in [5.41, 5.74) is 6.38. The molecule has 16 heteroatoms. The first kappa shape index (κ1) is 32.8. The molecule has 244 valence electrons. The Labute approximate surface area is 289 Å². The molecule has 2 N–H and O–H groups in total. The number of nitrogens with one attached hydrogen (secondary N) is 2. The fourth-order valence-corrected chi connectivity index (χ4v) is 7.52. The van der Waals surface area contributed by atoms with E-state index in [1.165, 1.54) is 16.7 Å². The van der Waals surface area contributed by atoms with Crippen molar-refractivity contribution in [1.29, 1.82) is 0 Å². The highest BCUT2D eigenvalue weighted by molar-refractivity contribution is 8.27. The van der Waals surface area contributed by atoms with Crippen LogP contribution in [0.25, 0.3) is 12.2 Å². The van der Waals surface area contributed by atoms with Crippen molar-refractivity contribution >= 4 is 92.4 Å². The summed E-state index contributed by atoms with van der Waals surface area (Å²) in [5, 5.41) is 0. The second-order valence-corrected chi connectivity index (χ2v) is 13.9. The number of fused-ring (bicyclic) bond motifs is 2. The van der Waals surface area contributed by atoms with Gasteiger partial charge in [-0.05, 0) is 60.4 Å². The molecular formula is C31H28N4O8S4. The molecule has 47 heavy (non-hydrogen) atoms. The zero-order valence-electron chi connectivity index (χ0n) is 24.8. The Morgan fingerprint density at radius 3 is 1.72 bits per heavy atom. The second kappa shape index (κ2) is 14.8. The van der Waals surface area contributed by atoms with Crippen LogP contribution in [-0.4, -0.2) is 68.7 Å². The number of ether oxygens (including phenoxy) is 4. The van der Waals surface area contributed by atoms with Crippen LogP contribution in [0.4, 0.5) is 0 Å². The number of thioether (sulfide) groups is 2. The smallest absolute Gasteiger partial charge is 0.266 e. The average Bonchev–Trinajstić information content (AvgIpc) is 3.83. The molecule has 4 amide bonds. The third-order valence-electron chi connectivity index (χ3n) is 7.33. The van der Waals surface area contributed by atoms with Gasteiger partial charge < -0.3 is 18.9 Å². The van der Waals surface area contributed by atoms with Crippen molar-refractivity contribution in [3.63, 3.8) is 0 Å². The van der Waals surface area contributed by atoms with Crippen LogP contribution in [0.3, 0.4) is 0 Å². The predicted octanol–water partition coefficient (Wildman–Crippen LogP) is 4.34. The molecule has 0 spiro atoms. The van der Waals surface area contributed by atoms with E-state index in [4.69, 9.17) is 43.4 Å². The Balaban J connectivity index is 0.865. The number of rotatable bonds is 11. The fourth-order valence-electron chi connectivity index (χ4n) is 4.90. The topological polar surface area (TPSA) is 136 Å². The lowest BCUT2D eigenvalue weighted by Crippen LogP contribution is -2.43. The van der Waals surface area contributed by atoms with Gasteiger partial charge in [-0.25, -0.2) is 0 Å². The van der Waals surface area contributed by atoms with E-state index in [2.05, 4.69) is 10.9 Å². The molecule has 0 aromatic heterocycles. The molecule has 4 heterocycles. The number of carbonyl (C=O) groups is 4. The predicted molar refractivity (Wildman–Crippen MR) is 184 cm³/mol. The highest BCUT2D eigenvalue weighted by atomic mass is 32.2. The van der Waals surface area contributed by atoms with Gasteiger partial charge in [-0.15, -0.1) is 0 Å². The monoisotopic (exact) mass is 712 g/mol. The Hall–Kier alpha value is -4.12. The molecule has 4 aliphatic rings. The Bertz CT molecular complexity index is 1730. The summed E-state index contributed by atoms with van der Waals surface area (Å²) < 4.78 is 22.3. The zero-order chi connectivity index (χ0) is 32.9. The van der Waals surface area contributed by atoms with Crippen LogP contribution in [0.15, 0.2) is 46.2 Å². The number of hydrazine groups is 1. The van der Waals surface area contributed by atoms with Crippen molar-refractivity contribution in [2.45, 2.75) is 32.1 Å². The first-order valence-corrected chi connectivity index (χ1v) is 17.1. The van der Waals surface area contributed by atoms with E-state index in [0.717, 1.165) is 22.9 Å². The quantitative estimate of drug-likeness (QED) is 0.149. The van der Waals surface area contributed by atoms with Crippen LogP contribution in [0.1, 0.15) is 43.2 Å². The maximum absolute atomic E-state index is 12.9.